The van der Waals surface area contributed by atoms with Gasteiger partial charge in [0.05, 0.1) is 25.7 Å². The second kappa shape index (κ2) is 11.6. The number of rotatable bonds is 8. The second-order valence-electron chi connectivity index (χ2n) is 6.75. The molecular formula is C19H30N4O4. The van der Waals surface area contributed by atoms with Gasteiger partial charge in [-0.1, -0.05) is 0 Å². The van der Waals surface area contributed by atoms with Crippen LogP contribution in [0.25, 0.3) is 0 Å². The van der Waals surface area contributed by atoms with Crippen LogP contribution in [0, 0.1) is 17.2 Å². The minimum atomic E-state index is -0.277. The van der Waals surface area contributed by atoms with Crippen molar-refractivity contribution in [2.45, 2.75) is 26.2 Å². The highest BCUT2D eigenvalue weighted by Gasteiger charge is 2.29. The highest BCUT2D eigenvalue weighted by molar-refractivity contribution is 5.97. The van der Waals surface area contributed by atoms with Crippen LogP contribution in [-0.4, -0.2) is 80.8 Å². The molecule has 2 aliphatic heterocycles. The first-order valence-corrected chi connectivity index (χ1v) is 9.75. The molecule has 8 nitrogen and oxygen atoms in total. The lowest BCUT2D eigenvalue weighted by Crippen LogP contribution is -2.41. The summed E-state index contributed by atoms with van der Waals surface area (Å²) in [6.45, 7) is 8.27. The van der Waals surface area contributed by atoms with Crippen LogP contribution in [0.4, 0.5) is 0 Å². The average molecular weight is 378 g/mol. The molecule has 0 bridgehead atoms. The highest BCUT2D eigenvalue weighted by Crippen LogP contribution is 2.20. The summed E-state index contributed by atoms with van der Waals surface area (Å²) < 4.78 is 10.4. The van der Waals surface area contributed by atoms with Crippen molar-refractivity contribution in [2.24, 2.45) is 5.92 Å². The summed E-state index contributed by atoms with van der Waals surface area (Å²) in [5.74, 6) is -0.620. The van der Waals surface area contributed by atoms with E-state index in [-0.39, 0.29) is 23.4 Å². The molecule has 2 fully saturated rings. The number of nitrogens with one attached hydrogen (secondary N) is 1. The van der Waals surface area contributed by atoms with E-state index < -0.39 is 0 Å². The van der Waals surface area contributed by atoms with Crippen molar-refractivity contribution >= 4 is 11.9 Å². The summed E-state index contributed by atoms with van der Waals surface area (Å²) >= 11 is 0. The number of morpholine rings is 1. The zero-order chi connectivity index (χ0) is 19.5. The number of hydrogen-bond donors (Lipinski definition) is 1. The molecule has 0 aliphatic carbocycles. The Morgan fingerprint density at radius 1 is 1.26 bits per heavy atom. The third-order valence-electron chi connectivity index (χ3n) is 4.90. The molecule has 1 N–H and O–H groups in total. The van der Waals surface area contributed by atoms with E-state index in [1.54, 1.807) is 11.8 Å². The van der Waals surface area contributed by atoms with Gasteiger partial charge in [0, 0.05) is 38.9 Å². The first-order valence-electron chi connectivity index (χ1n) is 9.75. The van der Waals surface area contributed by atoms with Crippen LogP contribution in [-0.2, 0) is 19.1 Å². The van der Waals surface area contributed by atoms with Crippen molar-refractivity contribution in [3.05, 3.63) is 11.8 Å². The number of esters is 1. The summed E-state index contributed by atoms with van der Waals surface area (Å²) in [4.78, 5) is 28.3. The van der Waals surface area contributed by atoms with Crippen LogP contribution in [0.1, 0.15) is 26.2 Å². The van der Waals surface area contributed by atoms with E-state index in [9.17, 15) is 14.9 Å². The van der Waals surface area contributed by atoms with Crippen LogP contribution < -0.4 is 5.32 Å². The summed E-state index contributed by atoms with van der Waals surface area (Å²) in [5.41, 5.74) is 0.107. The SMILES string of the molecule is CCOC(=O)C1CCN(C(=O)/C(C#N)=C\NCCCN2CCOCC2)CC1. The second-order valence-corrected chi connectivity index (χ2v) is 6.75. The average Bonchev–Trinajstić information content (AvgIpc) is 2.71. The quantitative estimate of drug-likeness (QED) is 0.285. The molecule has 2 heterocycles. The normalized spacial score (nSPS) is 19.4. The Bertz CT molecular complexity index is 559. The van der Waals surface area contributed by atoms with E-state index in [1.807, 2.05) is 6.07 Å². The molecule has 0 aromatic carbocycles. The van der Waals surface area contributed by atoms with Gasteiger partial charge in [-0.05, 0) is 32.7 Å². The maximum absolute atomic E-state index is 12.5. The van der Waals surface area contributed by atoms with Gasteiger partial charge in [-0.2, -0.15) is 5.26 Å². The lowest BCUT2D eigenvalue weighted by atomic mass is 9.96. The molecule has 0 atom stereocenters. The maximum atomic E-state index is 12.5. The van der Waals surface area contributed by atoms with E-state index >= 15 is 0 Å². The molecule has 0 unspecified atom stereocenters. The van der Waals surface area contributed by atoms with E-state index in [0.717, 1.165) is 39.3 Å². The van der Waals surface area contributed by atoms with Crippen LogP contribution in [0.5, 0.6) is 0 Å². The van der Waals surface area contributed by atoms with Crippen LogP contribution >= 0.6 is 0 Å². The highest BCUT2D eigenvalue weighted by atomic mass is 16.5. The Morgan fingerprint density at radius 3 is 2.59 bits per heavy atom. The number of ether oxygens (including phenoxy) is 2. The van der Waals surface area contributed by atoms with Crippen LogP contribution in [0.15, 0.2) is 11.8 Å². The van der Waals surface area contributed by atoms with Gasteiger partial charge in [-0.15, -0.1) is 0 Å². The van der Waals surface area contributed by atoms with Crippen molar-refractivity contribution in [3.63, 3.8) is 0 Å². The minimum Gasteiger partial charge on any atom is -0.466 e. The van der Waals surface area contributed by atoms with E-state index in [2.05, 4.69) is 10.2 Å². The van der Waals surface area contributed by atoms with Gasteiger partial charge in [-0.25, -0.2) is 0 Å². The number of hydrogen-bond acceptors (Lipinski definition) is 7. The van der Waals surface area contributed by atoms with Crippen molar-refractivity contribution in [1.82, 2.24) is 15.1 Å². The Morgan fingerprint density at radius 2 is 1.96 bits per heavy atom. The molecule has 8 heteroatoms. The standard InChI is InChI=1S/C19H30N4O4/c1-2-27-19(25)16-4-8-23(9-5-16)18(24)17(14-20)15-21-6-3-7-22-10-12-26-13-11-22/h15-16,21H,2-13H2,1H3/b17-15-. The molecule has 2 saturated heterocycles. The molecule has 0 saturated carbocycles. The molecule has 27 heavy (non-hydrogen) atoms. The Labute approximate surface area is 161 Å². The van der Waals surface area contributed by atoms with Gasteiger partial charge in [0.1, 0.15) is 11.6 Å². The van der Waals surface area contributed by atoms with Crippen LogP contribution in [0.2, 0.25) is 0 Å². The van der Waals surface area contributed by atoms with Crippen molar-refractivity contribution in [3.8, 4) is 6.07 Å². The Balaban J connectivity index is 1.70. The molecular weight excluding hydrogens is 348 g/mol. The monoisotopic (exact) mass is 378 g/mol. The summed E-state index contributed by atoms with van der Waals surface area (Å²) in [6, 6.07) is 1.98. The van der Waals surface area contributed by atoms with Gasteiger partial charge in [0.15, 0.2) is 0 Å². The lowest BCUT2D eigenvalue weighted by molar-refractivity contribution is -0.150. The molecule has 1 amide bonds. The van der Waals surface area contributed by atoms with E-state index in [1.165, 1.54) is 6.20 Å². The number of likely N-dealkylation sites (tertiary alicyclic amines) is 1. The number of nitrogens with zero attached hydrogens (tertiary/aromatic N) is 3. The fourth-order valence-corrected chi connectivity index (χ4v) is 3.29. The topological polar surface area (TPSA) is 94.9 Å². The number of amides is 1. The summed E-state index contributed by atoms with van der Waals surface area (Å²) in [6.07, 6.45) is 3.61. The van der Waals surface area contributed by atoms with Gasteiger partial charge < -0.3 is 19.7 Å². The third-order valence-corrected chi connectivity index (χ3v) is 4.90. The summed E-state index contributed by atoms with van der Waals surface area (Å²) in [5, 5.41) is 12.4. The van der Waals surface area contributed by atoms with E-state index in [4.69, 9.17) is 9.47 Å². The maximum Gasteiger partial charge on any atom is 0.309 e. The fraction of sp³-hybridized carbons (Fsp3) is 0.737. The Kier molecular flexibility index (Phi) is 9.08. The van der Waals surface area contributed by atoms with Crippen molar-refractivity contribution < 1.29 is 19.1 Å². The first kappa shape index (κ1) is 21.2. The summed E-state index contributed by atoms with van der Waals surface area (Å²) in [7, 11) is 0. The lowest BCUT2D eigenvalue weighted by Gasteiger charge is -2.30. The molecule has 0 aromatic rings. The third kappa shape index (κ3) is 6.85. The number of carbonyl (C=O) groups is 2. The van der Waals surface area contributed by atoms with Gasteiger partial charge in [0.25, 0.3) is 5.91 Å². The van der Waals surface area contributed by atoms with Gasteiger partial charge in [0.2, 0.25) is 0 Å². The number of piperidine rings is 1. The molecule has 2 aliphatic rings. The predicted molar refractivity (Wildman–Crippen MR) is 99.5 cm³/mol. The van der Waals surface area contributed by atoms with Crippen LogP contribution in [0.3, 0.4) is 0 Å². The zero-order valence-electron chi connectivity index (χ0n) is 16.1. The van der Waals surface area contributed by atoms with Crippen molar-refractivity contribution in [1.29, 1.82) is 5.26 Å². The minimum absolute atomic E-state index is 0.107. The molecule has 0 spiro atoms. The smallest absolute Gasteiger partial charge is 0.309 e. The van der Waals surface area contributed by atoms with Gasteiger partial charge in [-0.3, -0.25) is 14.5 Å². The molecule has 0 radical (unpaired) electrons. The number of nitriles is 1. The predicted octanol–water partition coefficient (Wildman–Crippen LogP) is 0.507. The molecule has 2 rings (SSSR count). The first-order chi connectivity index (χ1) is 13.2. The number of carbonyl (C=O) groups excluding carboxylic acids is 2. The Hall–Kier alpha value is -2.11. The fourth-order valence-electron chi connectivity index (χ4n) is 3.29. The van der Waals surface area contributed by atoms with E-state index in [0.29, 0.717) is 39.1 Å². The zero-order valence-corrected chi connectivity index (χ0v) is 16.1. The largest absolute Gasteiger partial charge is 0.466 e. The molecule has 0 aromatic heterocycles. The molecule has 150 valence electrons. The van der Waals surface area contributed by atoms with Crippen molar-refractivity contribution in [2.75, 3.05) is 59.1 Å². The van der Waals surface area contributed by atoms with Gasteiger partial charge >= 0.3 is 5.97 Å².